The zero-order chi connectivity index (χ0) is 30.9. The molecule has 8 nitrogen and oxygen atoms in total. The third-order valence-corrected chi connectivity index (χ3v) is 7.45. The lowest BCUT2D eigenvalue weighted by molar-refractivity contribution is -0.138. The molecule has 13 heteroatoms. The molecule has 1 fully saturated rings. The SMILES string of the molecule is CC(C)COc1ncc(-c2cc(NC(=O)c3c[nH]c(=O)cc3C(F)(F)F)c(N3CC(C)N(C)C(C)C3)cc2F)cc1Cl. The number of aromatic amines is 1. The van der Waals surface area contributed by atoms with Gasteiger partial charge in [-0.15, -0.1) is 0 Å². The third-order valence-electron chi connectivity index (χ3n) is 7.18. The van der Waals surface area contributed by atoms with Gasteiger partial charge in [0.2, 0.25) is 11.4 Å². The number of nitrogens with zero attached hydrogens (tertiary/aromatic N) is 3. The van der Waals surface area contributed by atoms with E-state index in [9.17, 15) is 22.8 Å². The second-order valence-electron chi connectivity index (χ2n) is 10.9. The largest absolute Gasteiger partial charge is 0.476 e. The number of nitrogens with one attached hydrogen (secondary N) is 2. The average molecular weight is 610 g/mol. The van der Waals surface area contributed by atoms with E-state index in [2.05, 4.69) is 20.2 Å². The van der Waals surface area contributed by atoms with E-state index in [0.29, 0.717) is 37.6 Å². The van der Waals surface area contributed by atoms with E-state index in [1.54, 1.807) is 0 Å². The first kappa shape index (κ1) is 31.3. The lowest BCUT2D eigenvalue weighted by Gasteiger charge is -2.44. The highest BCUT2D eigenvalue weighted by molar-refractivity contribution is 6.32. The van der Waals surface area contributed by atoms with E-state index >= 15 is 4.39 Å². The van der Waals surface area contributed by atoms with Crippen molar-refractivity contribution in [2.24, 2.45) is 5.92 Å². The van der Waals surface area contributed by atoms with E-state index < -0.39 is 34.6 Å². The molecule has 1 saturated heterocycles. The molecule has 42 heavy (non-hydrogen) atoms. The average Bonchev–Trinajstić information content (AvgIpc) is 2.90. The second kappa shape index (κ2) is 12.3. The van der Waals surface area contributed by atoms with Gasteiger partial charge in [0.25, 0.3) is 5.91 Å². The first-order valence-corrected chi connectivity index (χ1v) is 13.7. The number of amides is 1. The molecule has 2 aromatic heterocycles. The smallest absolute Gasteiger partial charge is 0.417 e. The zero-order valence-corrected chi connectivity index (χ0v) is 24.5. The van der Waals surface area contributed by atoms with E-state index in [1.807, 2.05) is 39.6 Å². The summed E-state index contributed by atoms with van der Waals surface area (Å²) >= 11 is 6.36. The number of ether oxygens (including phenoxy) is 1. The van der Waals surface area contributed by atoms with Crippen molar-refractivity contribution in [1.29, 1.82) is 0 Å². The number of anilines is 2. The number of hydrogen-bond donors (Lipinski definition) is 2. The van der Waals surface area contributed by atoms with Crippen molar-refractivity contribution in [3.8, 4) is 17.0 Å². The molecule has 226 valence electrons. The second-order valence-corrected chi connectivity index (χ2v) is 11.3. The molecule has 0 aliphatic carbocycles. The number of alkyl halides is 3. The summed E-state index contributed by atoms with van der Waals surface area (Å²) in [5.41, 5.74) is -2.50. The topological polar surface area (TPSA) is 90.6 Å². The van der Waals surface area contributed by atoms with Gasteiger partial charge in [0.05, 0.1) is 29.1 Å². The van der Waals surface area contributed by atoms with Crippen molar-refractivity contribution in [3.63, 3.8) is 0 Å². The van der Waals surface area contributed by atoms with E-state index in [0.717, 1.165) is 0 Å². The maximum Gasteiger partial charge on any atom is 0.417 e. The summed E-state index contributed by atoms with van der Waals surface area (Å²) in [6.45, 7) is 9.24. The summed E-state index contributed by atoms with van der Waals surface area (Å²) in [6.07, 6.45) is -2.87. The van der Waals surface area contributed by atoms with Crippen LogP contribution in [0.5, 0.6) is 5.88 Å². The Morgan fingerprint density at radius 1 is 1.19 bits per heavy atom. The Bertz CT molecular complexity index is 1520. The molecule has 1 aromatic carbocycles. The van der Waals surface area contributed by atoms with Gasteiger partial charge in [-0.25, -0.2) is 9.37 Å². The molecular formula is C29H32ClF4N5O3. The number of H-pyrrole nitrogens is 1. The zero-order valence-electron chi connectivity index (χ0n) is 23.8. The number of aromatic nitrogens is 2. The molecule has 3 heterocycles. The number of hydrogen-bond acceptors (Lipinski definition) is 6. The highest BCUT2D eigenvalue weighted by Crippen LogP contribution is 2.38. The van der Waals surface area contributed by atoms with Crippen molar-refractivity contribution >= 4 is 28.9 Å². The number of halogens is 5. The highest BCUT2D eigenvalue weighted by Gasteiger charge is 2.36. The minimum Gasteiger partial charge on any atom is -0.476 e. The molecule has 2 unspecified atom stereocenters. The van der Waals surface area contributed by atoms with Gasteiger partial charge in [-0.3, -0.25) is 14.5 Å². The molecule has 0 radical (unpaired) electrons. The lowest BCUT2D eigenvalue weighted by atomic mass is 10.0. The van der Waals surface area contributed by atoms with Gasteiger partial charge < -0.3 is 19.9 Å². The van der Waals surface area contributed by atoms with Crippen molar-refractivity contribution in [3.05, 3.63) is 69.0 Å². The molecule has 0 bridgehead atoms. The number of rotatable bonds is 7. The van der Waals surface area contributed by atoms with Gasteiger partial charge in [0.15, 0.2) is 0 Å². The van der Waals surface area contributed by atoms with Gasteiger partial charge in [0, 0.05) is 54.8 Å². The molecule has 1 aliphatic rings. The van der Waals surface area contributed by atoms with Gasteiger partial charge in [-0.1, -0.05) is 25.4 Å². The van der Waals surface area contributed by atoms with Crippen molar-refractivity contribution in [1.82, 2.24) is 14.9 Å². The number of pyridine rings is 2. The van der Waals surface area contributed by atoms with Crippen molar-refractivity contribution < 1.29 is 27.1 Å². The van der Waals surface area contributed by atoms with Crippen LogP contribution >= 0.6 is 11.6 Å². The number of carbonyl (C=O) groups is 1. The summed E-state index contributed by atoms with van der Waals surface area (Å²) in [7, 11) is 1.97. The fourth-order valence-electron chi connectivity index (χ4n) is 4.75. The van der Waals surface area contributed by atoms with E-state index in [1.165, 1.54) is 24.4 Å². The number of carbonyl (C=O) groups excluding carboxylic acids is 1. The highest BCUT2D eigenvalue weighted by atomic mass is 35.5. The maximum absolute atomic E-state index is 15.7. The van der Waals surface area contributed by atoms with Crippen LogP contribution in [0.3, 0.4) is 0 Å². The molecule has 2 atom stereocenters. The molecule has 1 amide bonds. The lowest BCUT2D eigenvalue weighted by Crippen LogP contribution is -2.55. The first-order chi connectivity index (χ1) is 19.6. The van der Waals surface area contributed by atoms with Gasteiger partial charge in [-0.2, -0.15) is 13.2 Å². The Balaban J connectivity index is 1.79. The van der Waals surface area contributed by atoms with Crippen molar-refractivity contribution in [2.75, 3.05) is 37.0 Å². The minimum absolute atomic E-state index is 0.0200. The molecule has 1 aliphatic heterocycles. The normalized spacial score (nSPS) is 17.9. The maximum atomic E-state index is 15.7. The fourth-order valence-corrected chi connectivity index (χ4v) is 4.98. The minimum atomic E-state index is -4.96. The van der Waals surface area contributed by atoms with Gasteiger partial charge in [-0.05, 0) is 45.0 Å². The summed E-state index contributed by atoms with van der Waals surface area (Å²) in [5.74, 6) is -1.37. The summed E-state index contributed by atoms with van der Waals surface area (Å²) < 4.78 is 62.4. The molecule has 0 saturated carbocycles. The Kier molecular flexibility index (Phi) is 9.17. The van der Waals surface area contributed by atoms with Crippen LogP contribution in [0.2, 0.25) is 5.02 Å². The summed E-state index contributed by atoms with van der Waals surface area (Å²) in [4.78, 5) is 35.3. The van der Waals surface area contributed by atoms with Crippen LogP contribution < -0.4 is 20.5 Å². The molecular weight excluding hydrogens is 578 g/mol. The summed E-state index contributed by atoms with van der Waals surface area (Å²) in [6, 6.07) is 4.51. The molecule has 3 aromatic rings. The molecule has 4 rings (SSSR count). The Morgan fingerprint density at radius 2 is 1.86 bits per heavy atom. The van der Waals surface area contributed by atoms with Crippen molar-refractivity contribution in [2.45, 2.75) is 46.0 Å². The monoisotopic (exact) mass is 609 g/mol. The van der Waals surface area contributed by atoms with E-state index in [4.69, 9.17) is 16.3 Å². The number of piperazine rings is 1. The standard InChI is InChI=1S/C29H32ClF4N5O3/c1-15(2)14-42-28-22(30)6-18(10-36-28)19-7-24(25(9-23(19)31)39-12-16(3)38(5)17(4)13-39)37-27(41)20-11-35-26(40)8-21(20)29(32,33)34/h6-11,15-17H,12-14H2,1-5H3,(H,35,40)(H,37,41). The van der Waals surface area contributed by atoms with E-state index in [-0.39, 0.29) is 45.7 Å². The van der Waals surface area contributed by atoms with Crippen LogP contribution in [-0.2, 0) is 6.18 Å². The van der Waals surface area contributed by atoms with Crippen LogP contribution in [0.25, 0.3) is 11.1 Å². The van der Waals surface area contributed by atoms with Crippen LogP contribution in [0.15, 0.2) is 41.5 Å². The number of likely N-dealkylation sites (N-methyl/N-ethyl adjacent to an activating group) is 1. The Morgan fingerprint density at radius 3 is 2.45 bits per heavy atom. The fraction of sp³-hybridized carbons (Fsp3) is 0.414. The molecule has 0 spiro atoms. The van der Waals surface area contributed by atoms with Crippen LogP contribution in [0, 0.1) is 11.7 Å². The Labute approximate surface area is 245 Å². The summed E-state index contributed by atoms with van der Waals surface area (Å²) in [5, 5.41) is 2.68. The quantitative estimate of drug-likeness (QED) is 0.316. The van der Waals surface area contributed by atoms with Crippen LogP contribution in [0.1, 0.15) is 43.6 Å². The first-order valence-electron chi connectivity index (χ1n) is 13.4. The van der Waals surface area contributed by atoms with Crippen LogP contribution in [-0.4, -0.2) is 59.6 Å². The van der Waals surface area contributed by atoms with Crippen LogP contribution in [0.4, 0.5) is 28.9 Å². The van der Waals surface area contributed by atoms with Gasteiger partial charge >= 0.3 is 6.18 Å². The third kappa shape index (κ3) is 6.87. The van der Waals surface area contributed by atoms with Gasteiger partial charge in [0.1, 0.15) is 10.8 Å². The molecule has 2 N–H and O–H groups in total. The number of benzene rings is 1. The predicted octanol–water partition coefficient (Wildman–Crippen LogP) is 6.06. The predicted molar refractivity (Wildman–Crippen MR) is 154 cm³/mol. The Hall–Kier alpha value is -3.64.